The van der Waals surface area contributed by atoms with Crippen molar-refractivity contribution in [3.05, 3.63) is 16.3 Å². The van der Waals surface area contributed by atoms with Crippen molar-refractivity contribution >= 4 is 17.2 Å². The second-order valence-electron chi connectivity index (χ2n) is 2.83. The summed E-state index contributed by atoms with van der Waals surface area (Å²) in [6, 6.07) is 3.66. The molecule has 0 bridgehead atoms. The maximum absolute atomic E-state index is 11.8. The third kappa shape index (κ3) is 2.70. The summed E-state index contributed by atoms with van der Waals surface area (Å²) >= 11 is 1.33. The predicted molar refractivity (Wildman–Crippen MR) is 58.1 cm³/mol. The van der Waals surface area contributed by atoms with Crippen LogP contribution in [0.25, 0.3) is 0 Å². The third-order valence-electron chi connectivity index (χ3n) is 1.95. The largest absolute Gasteiger partial charge is 0.496 e. The average Bonchev–Trinajstić information content (AvgIpc) is 2.73. The van der Waals surface area contributed by atoms with Gasteiger partial charge in [0, 0.05) is 18.0 Å². The van der Waals surface area contributed by atoms with E-state index in [0.29, 0.717) is 17.2 Å². The third-order valence-corrected chi connectivity index (χ3v) is 2.85. The molecule has 5 heteroatoms. The van der Waals surface area contributed by atoms with E-state index in [-0.39, 0.29) is 12.5 Å². The molecule has 0 aliphatic carbocycles. The van der Waals surface area contributed by atoms with E-state index in [1.807, 2.05) is 13.0 Å². The van der Waals surface area contributed by atoms with Crippen molar-refractivity contribution in [1.29, 1.82) is 5.26 Å². The van der Waals surface area contributed by atoms with Crippen LogP contribution in [0.2, 0.25) is 0 Å². The Bertz CT molecular complexity index is 381. The maximum atomic E-state index is 11.8. The number of hydrogen-bond donors (Lipinski definition) is 0. The Morgan fingerprint density at radius 2 is 2.47 bits per heavy atom. The molecule has 1 heterocycles. The van der Waals surface area contributed by atoms with Gasteiger partial charge in [-0.3, -0.25) is 4.79 Å². The van der Waals surface area contributed by atoms with Gasteiger partial charge >= 0.3 is 0 Å². The SMILES string of the molecule is CCN(CC#N)C(=O)c1cc(OC)cs1. The van der Waals surface area contributed by atoms with Crippen molar-refractivity contribution in [3.8, 4) is 11.8 Å². The molecule has 0 radical (unpaired) electrons. The van der Waals surface area contributed by atoms with Crippen LogP contribution in [-0.2, 0) is 0 Å². The van der Waals surface area contributed by atoms with Gasteiger partial charge in [-0.15, -0.1) is 11.3 Å². The molecule has 1 amide bonds. The molecular weight excluding hydrogens is 212 g/mol. The molecule has 1 aromatic rings. The summed E-state index contributed by atoms with van der Waals surface area (Å²) in [5.74, 6) is 0.559. The highest BCUT2D eigenvalue weighted by Crippen LogP contribution is 2.22. The molecule has 0 aromatic carbocycles. The molecule has 0 atom stereocenters. The van der Waals surface area contributed by atoms with Crippen LogP contribution in [0.15, 0.2) is 11.4 Å². The van der Waals surface area contributed by atoms with E-state index in [1.165, 1.54) is 16.2 Å². The molecule has 15 heavy (non-hydrogen) atoms. The predicted octanol–water partition coefficient (Wildman–Crippen LogP) is 1.74. The molecule has 0 spiro atoms. The van der Waals surface area contributed by atoms with Crippen LogP contribution >= 0.6 is 11.3 Å². The first-order valence-electron chi connectivity index (χ1n) is 4.51. The minimum Gasteiger partial charge on any atom is -0.496 e. The van der Waals surface area contributed by atoms with E-state index >= 15 is 0 Å². The Labute approximate surface area is 92.7 Å². The summed E-state index contributed by atoms with van der Waals surface area (Å²) in [6.45, 7) is 2.50. The van der Waals surface area contributed by atoms with Crippen LogP contribution in [0, 0.1) is 11.3 Å². The van der Waals surface area contributed by atoms with Crippen molar-refractivity contribution in [2.45, 2.75) is 6.92 Å². The number of thiophene rings is 1. The highest BCUT2D eigenvalue weighted by Gasteiger charge is 2.15. The lowest BCUT2D eigenvalue weighted by atomic mass is 10.4. The van der Waals surface area contributed by atoms with Crippen LogP contribution in [0.4, 0.5) is 0 Å². The normalized spacial score (nSPS) is 9.40. The first kappa shape index (κ1) is 11.5. The number of nitriles is 1. The zero-order valence-corrected chi connectivity index (χ0v) is 9.50. The van der Waals surface area contributed by atoms with Gasteiger partial charge in [-0.2, -0.15) is 5.26 Å². The average molecular weight is 224 g/mol. The van der Waals surface area contributed by atoms with Crippen LogP contribution in [0.3, 0.4) is 0 Å². The Morgan fingerprint density at radius 3 is 2.93 bits per heavy atom. The lowest BCUT2D eigenvalue weighted by molar-refractivity contribution is 0.0788. The van der Waals surface area contributed by atoms with Gasteiger partial charge in [-0.05, 0) is 6.92 Å². The Kier molecular flexibility index (Phi) is 4.13. The summed E-state index contributed by atoms with van der Waals surface area (Å²) in [7, 11) is 1.56. The first-order chi connectivity index (χ1) is 7.22. The quantitative estimate of drug-likeness (QED) is 0.732. The molecule has 1 rings (SSSR count). The Balaban J connectivity index is 2.79. The minimum atomic E-state index is -0.118. The van der Waals surface area contributed by atoms with Crippen molar-refractivity contribution in [1.82, 2.24) is 4.90 Å². The standard InChI is InChI=1S/C10H12N2O2S/c1-3-12(5-4-11)10(13)9-6-8(14-2)7-15-9/h6-7H,3,5H2,1-2H3. The first-order valence-corrected chi connectivity index (χ1v) is 5.39. The van der Waals surface area contributed by atoms with Crippen LogP contribution in [0.5, 0.6) is 5.75 Å². The van der Waals surface area contributed by atoms with E-state index in [1.54, 1.807) is 18.6 Å². The molecule has 0 N–H and O–H groups in total. The lowest BCUT2D eigenvalue weighted by Gasteiger charge is -2.15. The summed E-state index contributed by atoms with van der Waals surface area (Å²) in [5.41, 5.74) is 0. The highest BCUT2D eigenvalue weighted by atomic mass is 32.1. The van der Waals surface area contributed by atoms with E-state index in [4.69, 9.17) is 10.00 Å². The number of hydrogen-bond acceptors (Lipinski definition) is 4. The molecule has 0 saturated heterocycles. The van der Waals surface area contributed by atoms with Gasteiger partial charge in [-0.25, -0.2) is 0 Å². The van der Waals surface area contributed by atoms with Gasteiger partial charge in [-0.1, -0.05) is 0 Å². The van der Waals surface area contributed by atoms with Crippen LogP contribution in [0.1, 0.15) is 16.6 Å². The fourth-order valence-corrected chi connectivity index (χ4v) is 1.93. The van der Waals surface area contributed by atoms with Gasteiger partial charge in [0.2, 0.25) is 0 Å². The number of rotatable bonds is 4. The number of amides is 1. The molecule has 0 unspecified atom stereocenters. The molecule has 0 fully saturated rings. The number of nitrogens with zero attached hydrogens (tertiary/aromatic N) is 2. The molecule has 0 aliphatic rings. The van der Waals surface area contributed by atoms with E-state index in [0.717, 1.165) is 0 Å². The smallest absolute Gasteiger partial charge is 0.264 e. The Morgan fingerprint density at radius 1 is 1.73 bits per heavy atom. The van der Waals surface area contributed by atoms with Gasteiger partial charge < -0.3 is 9.64 Å². The minimum absolute atomic E-state index is 0.118. The summed E-state index contributed by atoms with van der Waals surface area (Å²) < 4.78 is 4.99. The lowest BCUT2D eigenvalue weighted by Crippen LogP contribution is -2.30. The molecule has 1 aromatic heterocycles. The fourth-order valence-electron chi connectivity index (χ4n) is 1.11. The van der Waals surface area contributed by atoms with Gasteiger partial charge in [0.25, 0.3) is 5.91 Å². The number of methoxy groups -OCH3 is 1. The zero-order chi connectivity index (χ0) is 11.3. The van der Waals surface area contributed by atoms with E-state index < -0.39 is 0 Å². The van der Waals surface area contributed by atoms with Gasteiger partial charge in [0.05, 0.1) is 18.1 Å². The van der Waals surface area contributed by atoms with Crippen molar-refractivity contribution in [3.63, 3.8) is 0 Å². The molecule has 4 nitrogen and oxygen atoms in total. The van der Waals surface area contributed by atoms with Crippen molar-refractivity contribution < 1.29 is 9.53 Å². The molecule has 0 aliphatic heterocycles. The molecule has 0 saturated carbocycles. The monoisotopic (exact) mass is 224 g/mol. The highest BCUT2D eigenvalue weighted by molar-refractivity contribution is 7.12. The summed E-state index contributed by atoms with van der Waals surface area (Å²) in [6.07, 6.45) is 0. The molecular formula is C10H12N2O2S. The van der Waals surface area contributed by atoms with Crippen molar-refractivity contribution in [2.75, 3.05) is 20.2 Å². The number of carbonyl (C=O) groups excluding carboxylic acids is 1. The van der Waals surface area contributed by atoms with Crippen molar-refractivity contribution in [2.24, 2.45) is 0 Å². The molecule has 80 valence electrons. The zero-order valence-electron chi connectivity index (χ0n) is 8.69. The topological polar surface area (TPSA) is 53.3 Å². The summed E-state index contributed by atoms with van der Waals surface area (Å²) in [4.78, 5) is 13.9. The van der Waals surface area contributed by atoms with Crippen LogP contribution < -0.4 is 4.74 Å². The second kappa shape index (κ2) is 5.37. The van der Waals surface area contributed by atoms with Gasteiger partial charge in [0.15, 0.2) is 0 Å². The van der Waals surface area contributed by atoms with Gasteiger partial charge in [0.1, 0.15) is 12.3 Å². The number of carbonyl (C=O) groups is 1. The summed E-state index contributed by atoms with van der Waals surface area (Å²) in [5, 5.41) is 10.3. The van der Waals surface area contributed by atoms with Crippen LogP contribution in [-0.4, -0.2) is 31.0 Å². The fraction of sp³-hybridized carbons (Fsp3) is 0.400. The van der Waals surface area contributed by atoms with E-state index in [9.17, 15) is 4.79 Å². The maximum Gasteiger partial charge on any atom is 0.264 e. The number of ether oxygens (including phenoxy) is 1. The second-order valence-corrected chi connectivity index (χ2v) is 3.74. The van der Waals surface area contributed by atoms with E-state index in [2.05, 4.69) is 0 Å². The Hall–Kier alpha value is -1.54.